The van der Waals surface area contributed by atoms with Crippen LogP contribution < -0.4 is 5.32 Å². The highest BCUT2D eigenvalue weighted by Gasteiger charge is 2.18. The summed E-state index contributed by atoms with van der Waals surface area (Å²) in [7, 11) is 0. The van der Waals surface area contributed by atoms with E-state index < -0.39 is 12.1 Å². The number of carbonyl (C=O) groups excluding carboxylic acids is 2. The molecule has 0 aromatic carbocycles. The molecule has 0 heterocycles. The molecule has 0 saturated heterocycles. The number of rotatable bonds is 74. The summed E-state index contributed by atoms with van der Waals surface area (Å²) in [5.41, 5.74) is 0. The van der Waals surface area contributed by atoms with Crippen molar-refractivity contribution in [2.24, 2.45) is 0 Å². The van der Waals surface area contributed by atoms with Crippen LogP contribution in [0.2, 0.25) is 0 Å². The fourth-order valence-corrected chi connectivity index (χ4v) is 12.4. The largest absolute Gasteiger partial charge is 0.466 e. The molecule has 0 fully saturated rings. The zero-order valence-electron chi connectivity index (χ0n) is 58.3. The summed E-state index contributed by atoms with van der Waals surface area (Å²) in [4.78, 5) is 24.6. The Hall–Kier alpha value is -1.92. The Morgan fingerprint density at radius 3 is 0.895 bits per heavy atom. The Morgan fingerprint density at radius 1 is 0.326 bits per heavy atom. The Kier molecular flexibility index (Phi) is 73.9. The monoisotopic (exact) mass is 1210 g/mol. The molecule has 0 aliphatic carbocycles. The lowest BCUT2D eigenvalue weighted by Gasteiger charge is -2.20. The van der Waals surface area contributed by atoms with E-state index in [-0.39, 0.29) is 18.5 Å². The molecule has 6 heteroatoms. The summed E-state index contributed by atoms with van der Waals surface area (Å²) in [6.07, 6.45) is 98.3. The van der Waals surface area contributed by atoms with Crippen molar-refractivity contribution in [2.75, 3.05) is 13.2 Å². The molecule has 0 aliphatic rings. The number of esters is 1. The molecule has 0 aromatic heterocycles. The van der Waals surface area contributed by atoms with Crippen molar-refractivity contribution in [3.05, 3.63) is 36.5 Å². The molecule has 0 radical (unpaired) electrons. The third kappa shape index (κ3) is 71.2. The van der Waals surface area contributed by atoms with Gasteiger partial charge >= 0.3 is 5.97 Å². The van der Waals surface area contributed by atoms with Crippen LogP contribution in [-0.2, 0) is 14.3 Å². The van der Waals surface area contributed by atoms with Crippen LogP contribution in [-0.4, -0.2) is 47.4 Å². The van der Waals surface area contributed by atoms with Crippen LogP contribution in [0.4, 0.5) is 0 Å². The highest BCUT2D eigenvalue weighted by molar-refractivity contribution is 5.76. The number of hydrogen-bond acceptors (Lipinski definition) is 5. The molecule has 2 atom stereocenters. The highest BCUT2D eigenvalue weighted by Crippen LogP contribution is 2.20. The lowest BCUT2D eigenvalue weighted by atomic mass is 10.0. The van der Waals surface area contributed by atoms with E-state index in [1.54, 1.807) is 6.08 Å². The van der Waals surface area contributed by atoms with Crippen LogP contribution in [0.3, 0.4) is 0 Å². The molecule has 3 N–H and O–H groups in total. The molecule has 0 spiro atoms. The van der Waals surface area contributed by atoms with Crippen LogP contribution in [0.15, 0.2) is 36.5 Å². The average Bonchev–Trinajstić information content (AvgIpc) is 3.53. The van der Waals surface area contributed by atoms with Crippen molar-refractivity contribution in [1.29, 1.82) is 0 Å². The van der Waals surface area contributed by atoms with Gasteiger partial charge in [0.1, 0.15) is 0 Å². The Bertz CT molecular complexity index is 1390. The van der Waals surface area contributed by atoms with E-state index in [1.807, 2.05) is 6.08 Å². The van der Waals surface area contributed by atoms with Gasteiger partial charge < -0.3 is 20.3 Å². The molecule has 1 amide bonds. The Balaban J connectivity index is 3.36. The van der Waals surface area contributed by atoms with Gasteiger partial charge in [-0.15, -0.1) is 0 Å². The third-order valence-electron chi connectivity index (χ3n) is 18.4. The van der Waals surface area contributed by atoms with E-state index in [9.17, 15) is 19.8 Å². The molecule has 0 rings (SSSR count). The standard InChI is InChI=1S/C80H153NO5/c1-3-5-7-9-11-13-15-17-19-21-22-23-32-35-38-41-44-48-52-56-60-64-68-72-78(83)77(76-82)81-79(84)73-69-65-61-57-53-49-45-42-39-36-33-30-28-26-24-25-27-29-31-34-37-40-43-47-51-55-59-63-67-71-75-86-80(85)74-70-66-62-58-54-50-46-20-18-16-14-12-10-8-6-4-2/h14,16,20,46,68,72,77-78,82-83H,3-13,15,17-19,21-45,47-67,69-71,73-76H2,1-2H3,(H,81,84)/b16-14-,46-20-,72-68+. The van der Waals surface area contributed by atoms with Gasteiger partial charge in [0.2, 0.25) is 5.91 Å². The summed E-state index contributed by atoms with van der Waals surface area (Å²) in [6, 6.07) is -0.626. The maximum Gasteiger partial charge on any atom is 0.305 e. The van der Waals surface area contributed by atoms with E-state index in [2.05, 4.69) is 43.5 Å². The number of carbonyl (C=O) groups is 2. The molecule has 0 aromatic rings. The second-order valence-electron chi connectivity index (χ2n) is 27.0. The summed E-state index contributed by atoms with van der Waals surface area (Å²) < 4.78 is 5.50. The highest BCUT2D eigenvalue weighted by atomic mass is 16.5. The maximum atomic E-state index is 12.6. The minimum Gasteiger partial charge on any atom is -0.466 e. The smallest absolute Gasteiger partial charge is 0.305 e. The summed E-state index contributed by atoms with van der Waals surface area (Å²) in [5.74, 6) is -0.0524. The molecular weight excluding hydrogens is 1050 g/mol. The number of allylic oxidation sites excluding steroid dienone is 5. The Morgan fingerprint density at radius 2 is 0.581 bits per heavy atom. The molecule has 508 valence electrons. The van der Waals surface area contributed by atoms with Crippen LogP contribution in [0.1, 0.15) is 438 Å². The number of nitrogens with one attached hydrogen (secondary N) is 1. The van der Waals surface area contributed by atoms with Crippen molar-refractivity contribution >= 4 is 11.9 Å². The number of aliphatic hydroxyl groups excluding tert-OH is 2. The van der Waals surface area contributed by atoms with E-state index in [0.717, 1.165) is 51.4 Å². The third-order valence-corrected chi connectivity index (χ3v) is 18.4. The molecular formula is C80H153NO5. The van der Waals surface area contributed by atoms with Gasteiger partial charge in [0, 0.05) is 12.8 Å². The van der Waals surface area contributed by atoms with Gasteiger partial charge in [0.05, 0.1) is 25.4 Å². The minimum absolute atomic E-state index is 0.00702. The fourth-order valence-electron chi connectivity index (χ4n) is 12.4. The van der Waals surface area contributed by atoms with Gasteiger partial charge in [0.15, 0.2) is 0 Å². The van der Waals surface area contributed by atoms with Gasteiger partial charge in [-0.3, -0.25) is 9.59 Å². The number of aliphatic hydroxyl groups is 2. The van der Waals surface area contributed by atoms with Crippen LogP contribution in [0.25, 0.3) is 0 Å². The first-order chi connectivity index (χ1) is 42.5. The van der Waals surface area contributed by atoms with Gasteiger partial charge in [-0.2, -0.15) is 0 Å². The first-order valence-corrected chi connectivity index (χ1v) is 39.3. The Labute approximate surface area is 538 Å². The zero-order chi connectivity index (χ0) is 62.0. The molecule has 0 saturated carbocycles. The van der Waals surface area contributed by atoms with Crippen LogP contribution >= 0.6 is 0 Å². The lowest BCUT2D eigenvalue weighted by molar-refractivity contribution is -0.143. The van der Waals surface area contributed by atoms with Crippen molar-refractivity contribution in [2.45, 2.75) is 450 Å². The zero-order valence-corrected chi connectivity index (χ0v) is 58.3. The predicted octanol–water partition coefficient (Wildman–Crippen LogP) is 25.8. The maximum absolute atomic E-state index is 12.6. The molecule has 0 bridgehead atoms. The number of hydrogen-bond donors (Lipinski definition) is 3. The summed E-state index contributed by atoms with van der Waals surface area (Å²) in [5, 5.41) is 23.3. The van der Waals surface area contributed by atoms with Gasteiger partial charge in [-0.05, 0) is 64.2 Å². The number of amides is 1. The van der Waals surface area contributed by atoms with E-state index >= 15 is 0 Å². The van der Waals surface area contributed by atoms with E-state index in [1.165, 1.54) is 360 Å². The molecule has 86 heavy (non-hydrogen) atoms. The number of unbranched alkanes of at least 4 members (excludes halogenated alkanes) is 59. The topological polar surface area (TPSA) is 95.9 Å². The quantitative estimate of drug-likeness (QED) is 0.0320. The summed E-state index contributed by atoms with van der Waals surface area (Å²) >= 11 is 0. The van der Waals surface area contributed by atoms with Crippen LogP contribution in [0, 0.1) is 0 Å². The molecule has 2 unspecified atom stereocenters. The second-order valence-corrected chi connectivity index (χ2v) is 27.0. The van der Waals surface area contributed by atoms with Crippen LogP contribution in [0.5, 0.6) is 0 Å². The number of ether oxygens (including phenoxy) is 1. The molecule has 0 aliphatic heterocycles. The van der Waals surface area contributed by atoms with Gasteiger partial charge in [-0.1, -0.05) is 397 Å². The van der Waals surface area contributed by atoms with E-state index in [4.69, 9.17) is 4.74 Å². The van der Waals surface area contributed by atoms with Crippen molar-refractivity contribution < 1.29 is 24.5 Å². The average molecular weight is 1210 g/mol. The second kappa shape index (κ2) is 75.5. The summed E-state index contributed by atoms with van der Waals surface area (Å²) in [6.45, 7) is 4.93. The minimum atomic E-state index is -0.843. The lowest BCUT2D eigenvalue weighted by Crippen LogP contribution is -2.45. The van der Waals surface area contributed by atoms with Crippen molar-refractivity contribution in [3.63, 3.8) is 0 Å². The molecule has 6 nitrogen and oxygen atoms in total. The van der Waals surface area contributed by atoms with Crippen molar-refractivity contribution in [1.82, 2.24) is 5.32 Å². The van der Waals surface area contributed by atoms with E-state index in [0.29, 0.717) is 19.4 Å². The fraction of sp³-hybridized carbons (Fsp3) is 0.900. The normalized spacial score (nSPS) is 12.7. The predicted molar refractivity (Wildman–Crippen MR) is 379 cm³/mol. The first-order valence-electron chi connectivity index (χ1n) is 39.3. The van der Waals surface area contributed by atoms with Crippen molar-refractivity contribution in [3.8, 4) is 0 Å². The van der Waals surface area contributed by atoms with Gasteiger partial charge in [-0.25, -0.2) is 0 Å². The van der Waals surface area contributed by atoms with Gasteiger partial charge in [0.25, 0.3) is 0 Å². The first kappa shape index (κ1) is 84.1. The SMILES string of the molecule is CCCCCC/C=C\C/C=C\CCCCCCCC(=O)OCCCCCCCCCCCCCCCCCCCCCCCCCCCCCCCCC(=O)NC(CO)C(O)/C=C/CCCCCCCCCCCCCCCCCCCCCCC.